The number of benzene rings is 1. The summed E-state index contributed by atoms with van der Waals surface area (Å²) in [5.74, 6) is 0.685. The van der Waals surface area contributed by atoms with E-state index in [1.165, 1.54) is 6.92 Å². The number of aromatic nitrogens is 1. The first kappa shape index (κ1) is 19.0. The molecule has 27 heavy (non-hydrogen) atoms. The summed E-state index contributed by atoms with van der Waals surface area (Å²) in [5, 5.41) is 0. The quantitative estimate of drug-likeness (QED) is 0.822. The van der Waals surface area contributed by atoms with Crippen molar-refractivity contribution in [2.24, 2.45) is 0 Å². The molecule has 6 heteroatoms. The van der Waals surface area contributed by atoms with E-state index in [2.05, 4.69) is 22.9 Å². The van der Waals surface area contributed by atoms with Gasteiger partial charge in [-0.15, -0.1) is 0 Å². The Morgan fingerprint density at radius 1 is 1.30 bits per heavy atom. The lowest BCUT2D eigenvalue weighted by Gasteiger charge is -2.37. The Morgan fingerprint density at radius 2 is 2.00 bits per heavy atom. The lowest BCUT2D eigenvalue weighted by atomic mass is 10.1. The molecule has 1 aliphatic rings. The third-order valence-corrected chi connectivity index (χ3v) is 5.13. The van der Waals surface area contributed by atoms with Gasteiger partial charge >= 0.3 is 0 Å². The highest BCUT2D eigenvalue weighted by Gasteiger charge is 2.28. The van der Waals surface area contributed by atoms with Crippen molar-refractivity contribution in [3.8, 4) is 5.75 Å². The third kappa shape index (κ3) is 3.56. The summed E-state index contributed by atoms with van der Waals surface area (Å²) in [6.45, 7) is 9.35. The van der Waals surface area contributed by atoms with Crippen LogP contribution in [0, 0.1) is 13.8 Å². The van der Waals surface area contributed by atoms with Gasteiger partial charge in [-0.25, -0.2) is 0 Å². The molecular weight excluding hydrogens is 342 g/mol. The highest BCUT2D eigenvalue weighted by atomic mass is 16.5. The molecule has 0 unspecified atom stereocenters. The zero-order valence-electron chi connectivity index (χ0n) is 16.6. The van der Waals surface area contributed by atoms with Crippen molar-refractivity contribution >= 4 is 17.4 Å². The Labute approximate surface area is 160 Å². The van der Waals surface area contributed by atoms with E-state index in [1.54, 1.807) is 11.9 Å². The predicted molar refractivity (Wildman–Crippen MR) is 106 cm³/mol. The zero-order chi connectivity index (χ0) is 19.7. The maximum absolute atomic E-state index is 12.9. The van der Waals surface area contributed by atoms with E-state index < -0.39 is 0 Å². The number of anilines is 1. The number of nitrogens with one attached hydrogen (secondary N) is 1. The second kappa shape index (κ2) is 7.47. The summed E-state index contributed by atoms with van der Waals surface area (Å²) in [4.78, 5) is 31.8. The first-order chi connectivity index (χ1) is 12.8. The van der Waals surface area contributed by atoms with Crippen molar-refractivity contribution in [2.75, 3.05) is 31.6 Å². The Balaban J connectivity index is 1.76. The standard InChI is InChI=1S/C21H27N3O3/c1-6-24-12-16(27-18-10-8-7-9-17(18)24)11-23(5)21(26)20-13(2)19(15(4)25)14(3)22-20/h7-10,16,22H,6,11-12H2,1-5H3/t16-/m0/s1. The van der Waals surface area contributed by atoms with Crippen LogP contribution in [0.5, 0.6) is 5.75 Å². The van der Waals surface area contributed by atoms with Gasteiger partial charge in [0.15, 0.2) is 5.78 Å². The molecule has 1 amide bonds. The minimum Gasteiger partial charge on any atom is -0.485 e. The second-order valence-corrected chi connectivity index (χ2v) is 7.11. The Hall–Kier alpha value is -2.76. The number of nitrogens with zero attached hydrogens (tertiary/aromatic N) is 2. The molecule has 6 nitrogen and oxygen atoms in total. The van der Waals surface area contributed by atoms with Gasteiger partial charge in [0.1, 0.15) is 17.5 Å². The number of aromatic amines is 1. The van der Waals surface area contributed by atoms with Gasteiger partial charge in [0, 0.05) is 24.8 Å². The summed E-state index contributed by atoms with van der Waals surface area (Å²) in [6.07, 6.45) is -0.113. The molecule has 1 atom stereocenters. The second-order valence-electron chi connectivity index (χ2n) is 7.11. The van der Waals surface area contributed by atoms with E-state index in [-0.39, 0.29) is 17.8 Å². The predicted octanol–water partition coefficient (Wildman–Crippen LogP) is 3.19. The Bertz CT molecular complexity index is 872. The maximum Gasteiger partial charge on any atom is 0.270 e. The summed E-state index contributed by atoms with van der Waals surface area (Å²) in [5.41, 5.74) is 3.61. The van der Waals surface area contributed by atoms with Crippen molar-refractivity contribution < 1.29 is 14.3 Å². The topological polar surface area (TPSA) is 65.6 Å². The molecule has 0 saturated heterocycles. The highest BCUT2D eigenvalue weighted by molar-refractivity contribution is 6.02. The highest BCUT2D eigenvalue weighted by Crippen LogP contribution is 2.33. The largest absolute Gasteiger partial charge is 0.485 e. The monoisotopic (exact) mass is 369 g/mol. The van der Waals surface area contributed by atoms with Crippen LogP contribution >= 0.6 is 0 Å². The van der Waals surface area contributed by atoms with Gasteiger partial charge in [-0.2, -0.15) is 0 Å². The number of ether oxygens (including phenoxy) is 1. The lowest BCUT2D eigenvalue weighted by Crippen LogP contribution is -2.47. The van der Waals surface area contributed by atoms with Crippen molar-refractivity contribution in [3.05, 3.63) is 46.8 Å². The molecule has 1 N–H and O–H groups in total. The number of fused-ring (bicyclic) bond motifs is 1. The van der Waals surface area contributed by atoms with E-state index in [1.807, 2.05) is 32.0 Å². The van der Waals surface area contributed by atoms with Gasteiger partial charge in [0.25, 0.3) is 5.91 Å². The van der Waals surface area contributed by atoms with Crippen LogP contribution in [0.25, 0.3) is 0 Å². The van der Waals surface area contributed by atoms with Crippen LogP contribution in [0.2, 0.25) is 0 Å². The van der Waals surface area contributed by atoms with Gasteiger partial charge in [0.05, 0.1) is 18.8 Å². The SMILES string of the molecule is CCN1C[C@H](CN(C)C(=O)c2[nH]c(C)c(C(C)=O)c2C)Oc2ccccc21. The Kier molecular flexibility index (Phi) is 5.26. The minimum absolute atomic E-state index is 0.0336. The van der Waals surface area contributed by atoms with Crippen LogP contribution in [0.1, 0.15) is 46.0 Å². The number of para-hydroxylation sites is 2. The van der Waals surface area contributed by atoms with Gasteiger partial charge < -0.3 is 19.5 Å². The molecule has 0 fully saturated rings. The van der Waals surface area contributed by atoms with E-state index in [9.17, 15) is 9.59 Å². The van der Waals surface area contributed by atoms with Crippen LogP contribution in [0.15, 0.2) is 24.3 Å². The van der Waals surface area contributed by atoms with Gasteiger partial charge in [-0.05, 0) is 45.4 Å². The fourth-order valence-electron chi connectivity index (χ4n) is 3.84. The Morgan fingerprint density at radius 3 is 2.63 bits per heavy atom. The van der Waals surface area contributed by atoms with Crippen LogP contribution < -0.4 is 9.64 Å². The summed E-state index contributed by atoms with van der Waals surface area (Å²) in [7, 11) is 1.77. The van der Waals surface area contributed by atoms with E-state index >= 15 is 0 Å². The van der Waals surface area contributed by atoms with Crippen LogP contribution in [-0.4, -0.2) is 54.4 Å². The lowest BCUT2D eigenvalue weighted by molar-refractivity contribution is 0.0704. The number of likely N-dealkylation sites (N-methyl/N-ethyl adjacent to an activating group) is 2. The van der Waals surface area contributed by atoms with Gasteiger partial charge in [0.2, 0.25) is 0 Å². The number of hydrogen-bond donors (Lipinski definition) is 1. The van der Waals surface area contributed by atoms with Crippen molar-refractivity contribution in [1.29, 1.82) is 0 Å². The third-order valence-electron chi connectivity index (χ3n) is 5.13. The summed E-state index contributed by atoms with van der Waals surface area (Å²) < 4.78 is 6.12. The molecule has 0 aliphatic carbocycles. The van der Waals surface area contributed by atoms with E-state index in [0.717, 1.165) is 30.2 Å². The molecule has 2 aromatic rings. The van der Waals surface area contributed by atoms with Crippen LogP contribution in [0.3, 0.4) is 0 Å². The van der Waals surface area contributed by atoms with Crippen molar-refractivity contribution in [1.82, 2.24) is 9.88 Å². The average Bonchev–Trinajstić information content (AvgIpc) is 2.94. The number of amides is 1. The first-order valence-corrected chi connectivity index (χ1v) is 9.29. The molecule has 3 rings (SSSR count). The number of hydrogen-bond acceptors (Lipinski definition) is 4. The number of carbonyl (C=O) groups is 2. The fourth-order valence-corrected chi connectivity index (χ4v) is 3.84. The van der Waals surface area contributed by atoms with Crippen LogP contribution in [0.4, 0.5) is 5.69 Å². The normalized spacial score (nSPS) is 15.9. The van der Waals surface area contributed by atoms with Crippen molar-refractivity contribution in [2.45, 2.75) is 33.8 Å². The van der Waals surface area contributed by atoms with Crippen LogP contribution in [-0.2, 0) is 0 Å². The van der Waals surface area contributed by atoms with Crippen molar-refractivity contribution in [3.63, 3.8) is 0 Å². The molecule has 1 aromatic carbocycles. The number of Topliss-reactive ketones (excluding diaryl/α,β-unsaturated/α-hetero) is 1. The first-order valence-electron chi connectivity index (χ1n) is 9.29. The number of ketones is 1. The molecule has 0 bridgehead atoms. The van der Waals surface area contributed by atoms with Gasteiger partial charge in [-0.3, -0.25) is 9.59 Å². The number of carbonyl (C=O) groups excluding carboxylic acids is 2. The molecule has 0 spiro atoms. The maximum atomic E-state index is 12.9. The summed E-state index contributed by atoms with van der Waals surface area (Å²) in [6, 6.07) is 7.98. The number of rotatable bonds is 5. The number of H-pyrrole nitrogens is 1. The molecule has 144 valence electrons. The zero-order valence-corrected chi connectivity index (χ0v) is 16.6. The molecule has 1 aliphatic heterocycles. The number of aryl methyl sites for hydroxylation is 1. The molecule has 0 saturated carbocycles. The van der Waals surface area contributed by atoms with E-state index in [4.69, 9.17) is 4.74 Å². The fraction of sp³-hybridized carbons (Fsp3) is 0.429. The molecular formula is C21H27N3O3. The van der Waals surface area contributed by atoms with Gasteiger partial charge in [-0.1, -0.05) is 12.1 Å². The smallest absolute Gasteiger partial charge is 0.270 e. The molecule has 0 radical (unpaired) electrons. The minimum atomic E-state index is -0.131. The molecule has 2 heterocycles. The average molecular weight is 369 g/mol. The van der Waals surface area contributed by atoms with E-state index in [0.29, 0.717) is 23.4 Å². The summed E-state index contributed by atoms with van der Waals surface area (Å²) >= 11 is 0. The molecule has 1 aromatic heterocycles.